The van der Waals surface area contributed by atoms with Gasteiger partial charge in [-0.3, -0.25) is 9.59 Å². The number of hydrogen-bond acceptors (Lipinski definition) is 5. The van der Waals surface area contributed by atoms with Crippen LogP contribution < -0.4 is 10.1 Å². The van der Waals surface area contributed by atoms with Gasteiger partial charge in [-0.15, -0.1) is 0 Å². The Kier molecular flexibility index (Phi) is 6.90. The number of nitrogens with one attached hydrogen (secondary N) is 1. The molecule has 7 nitrogen and oxygen atoms in total. The molecule has 1 unspecified atom stereocenters. The summed E-state index contributed by atoms with van der Waals surface area (Å²) in [4.78, 5) is 29.9. The first kappa shape index (κ1) is 25.9. The summed E-state index contributed by atoms with van der Waals surface area (Å²) in [7, 11) is 5.06. The van der Waals surface area contributed by atoms with Crippen molar-refractivity contribution >= 4 is 28.4 Å². The number of hydrogen-bond donors (Lipinski definition) is 1. The number of amides is 2. The lowest BCUT2D eigenvalue weighted by Gasteiger charge is -2.33. The molecule has 1 atom stereocenters. The van der Waals surface area contributed by atoms with Gasteiger partial charge in [-0.05, 0) is 59.4 Å². The van der Waals surface area contributed by atoms with Gasteiger partial charge in [-0.25, -0.2) is 0 Å². The number of carbonyl (C=O) groups excluding carboxylic acids is 2. The van der Waals surface area contributed by atoms with Crippen molar-refractivity contribution in [3.8, 4) is 16.9 Å². The summed E-state index contributed by atoms with van der Waals surface area (Å²) in [5, 5.41) is 4.28. The second kappa shape index (κ2) is 10.7. The second-order valence-corrected chi connectivity index (χ2v) is 10.6. The fourth-order valence-electron chi connectivity index (χ4n) is 5.72. The molecule has 0 fully saturated rings. The van der Waals surface area contributed by atoms with Crippen LogP contribution in [-0.4, -0.2) is 62.0 Å². The van der Waals surface area contributed by atoms with Crippen LogP contribution in [0.5, 0.6) is 5.75 Å². The Balaban J connectivity index is 1.35. The molecule has 6 rings (SSSR count). The average molecular weight is 536 g/mol. The van der Waals surface area contributed by atoms with Gasteiger partial charge >= 0.3 is 0 Å². The van der Waals surface area contributed by atoms with E-state index in [0.717, 1.165) is 39.8 Å². The van der Waals surface area contributed by atoms with Crippen LogP contribution in [0.1, 0.15) is 33.7 Å². The molecule has 2 amide bonds. The Morgan fingerprint density at radius 1 is 1.00 bits per heavy atom. The number of para-hydroxylation sites is 1. The van der Waals surface area contributed by atoms with Crippen LogP contribution in [0.15, 0.2) is 77.2 Å². The molecule has 2 aliphatic rings. The van der Waals surface area contributed by atoms with Gasteiger partial charge in [0.15, 0.2) is 5.76 Å². The third-order valence-corrected chi connectivity index (χ3v) is 7.84. The Bertz CT molecular complexity index is 1630. The van der Waals surface area contributed by atoms with E-state index in [2.05, 4.69) is 35.7 Å². The standard InChI is InChI=1S/C33H33N3O4/c1-35(2)33(38)30-18-25-15-24(16-27(31(25)40-30)26-12-6-7-13-29(26)39-3)23-11-8-14-36(20-23)32(37)28-17-21-9-4-5-10-22(21)19-34-28/h4-7,9-13,15-16,18,28,34H,8,14,17,19-20H2,1-3H3. The maximum atomic E-state index is 13.6. The Morgan fingerprint density at radius 2 is 1.77 bits per heavy atom. The summed E-state index contributed by atoms with van der Waals surface area (Å²) in [6.07, 6.45) is 3.70. The molecule has 40 heavy (non-hydrogen) atoms. The summed E-state index contributed by atoms with van der Waals surface area (Å²) < 4.78 is 11.8. The zero-order chi connectivity index (χ0) is 27.8. The summed E-state index contributed by atoms with van der Waals surface area (Å²) in [6.45, 7) is 1.92. The van der Waals surface area contributed by atoms with E-state index in [4.69, 9.17) is 9.15 Å². The van der Waals surface area contributed by atoms with Crippen molar-refractivity contribution in [2.45, 2.75) is 25.4 Å². The largest absolute Gasteiger partial charge is 0.496 e. The van der Waals surface area contributed by atoms with Crippen molar-refractivity contribution in [2.75, 3.05) is 34.3 Å². The van der Waals surface area contributed by atoms with Crippen molar-refractivity contribution in [3.05, 3.63) is 95.3 Å². The van der Waals surface area contributed by atoms with Crippen molar-refractivity contribution in [2.24, 2.45) is 0 Å². The highest BCUT2D eigenvalue weighted by Crippen LogP contribution is 2.39. The summed E-state index contributed by atoms with van der Waals surface area (Å²) >= 11 is 0. The average Bonchev–Trinajstić information content (AvgIpc) is 3.44. The molecule has 7 heteroatoms. The van der Waals surface area contributed by atoms with Crippen LogP contribution in [0.2, 0.25) is 0 Å². The van der Waals surface area contributed by atoms with Gasteiger partial charge in [0.25, 0.3) is 5.91 Å². The van der Waals surface area contributed by atoms with Crippen LogP contribution in [0, 0.1) is 0 Å². The van der Waals surface area contributed by atoms with Crippen LogP contribution in [-0.2, 0) is 17.8 Å². The molecule has 1 N–H and O–H groups in total. The molecule has 204 valence electrons. The second-order valence-electron chi connectivity index (χ2n) is 10.6. The summed E-state index contributed by atoms with van der Waals surface area (Å²) in [6, 6.07) is 21.8. The SMILES string of the molecule is COc1ccccc1-c1cc(C2=CCCN(C(=O)C3Cc4ccccc4CN3)C2)cc2cc(C(=O)N(C)C)oc12. The topological polar surface area (TPSA) is 75.0 Å². The zero-order valence-corrected chi connectivity index (χ0v) is 23.1. The van der Waals surface area contributed by atoms with E-state index in [9.17, 15) is 9.59 Å². The van der Waals surface area contributed by atoms with Crippen LogP contribution in [0.4, 0.5) is 0 Å². The molecule has 3 heterocycles. The normalized spacial score (nSPS) is 16.8. The minimum Gasteiger partial charge on any atom is -0.496 e. The van der Waals surface area contributed by atoms with Gasteiger partial charge < -0.3 is 24.3 Å². The predicted molar refractivity (Wildman–Crippen MR) is 156 cm³/mol. The number of ether oxygens (including phenoxy) is 1. The third-order valence-electron chi connectivity index (χ3n) is 7.84. The maximum Gasteiger partial charge on any atom is 0.289 e. The number of benzene rings is 3. The minimum atomic E-state index is -0.227. The molecule has 0 saturated carbocycles. The van der Waals surface area contributed by atoms with Crippen molar-refractivity contribution in [1.29, 1.82) is 0 Å². The first-order valence-corrected chi connectivity index (χ1v) is 13.6. The highest BCUT2D eigenvalue weighted by atomic mass is 16.5. The molecule has 0 bridgehead atoms. The number of nitrogens with zero attached hydrogens (tertiary/aromatic N) is 2. The molecule has 3 aromatic carbocycles. The Morgan fingerprint density at radius 3 is 2.58 bits per heavy atom. The number of methoxy groups -OCH3 is 1. The quantitative estimate of drug-likeness (QED) is 0.383. The molecule has 4 aromatic rings. The summed E-state index contributed by atoms with van der Waals surface area (Å²) in [5.74, 6) is 0.939. The van der Waals surface area contributed by atoms with E-state index in [-0.39, 0.29) is 23.6 Å². The van der Waals surface area contributed by atoms with E-state index in [1.807, 2.05) is 41.3 Å². The van der Waals surface area contributed by atoms with Gasteiger partial charge in [-0.1, -0.05) is 48.5 Å². The Hall–Kier alpha value is -4.36. The van der Waals surface area contributed by atoms with Crippen molar-refractivity contribution < 1.29 is 18.7 Å². The van der Waals surface area contributed by atoms with Gasteiger partial charge in [0.1, 0.15) is 11.3 Å². The zero-order valence-electron chi connectivity index (χ0n) is 23.1. The molecular formula is C33H33N3O4. The first-order valence-electron chi connectivity index (χ1n) is 13.6. The predicted octanol–water partition coefficient (Wildman–Crippen LogP) is 5.14. The first-order chi connectivity index (χ1) is 19.4. The lowest BCUT2D eigenvalue weighted by molar-refractivity contribution is -0.133. The molecule has 0 spiro atoms. The fraction of sp³-hybridized carbons (Fsp3) is 0.273. The third kappa shape index (κ3) is 4.77. The monoisotopic (exact) mass is 535 g/mol. The number of carbonyl (C=O) groups is 2. The highest BCUT2D eigenvalue weighted by Gasteiger charge is 2.30. The molecule has 1 aromatic heterocycles. The molecule has 0 radical (unpaired) electrons. The lowest BCUT2D eigenvalue weighted by Crippen LogP contribution is -2.50. The van der Waals surface area contributed by atoms with Crippen LogP contribution in [0.25, 0.3) is 27.7 Å². The number of rotatable bonds is 5. The van der Waals surface area contributed by atoms with Gasteiger partial charge in [0.2, 0.25) is 5.91 Å². The Labute approximate surface area is 234 Å². The fourth-order valence-corrected chi connectivity index (χ4v) is 5.72. The number of fused-ring (bicyclic) bond motifs is 2. The smallest absolute Gasteiger partial charge is 0.289 e. The van der Waals surface area contributed by atoms with Crippen molar-refractivity contribution in [3.63, 3.8) is 0 Å². The maximum absolute atomic E-state index is 13.6. The highest BCUT2D eigenvalue weighted by molar-refractivity contribution is 6.02. The van der Waals surface area contributed by atoms with E-state index in [0.29, 0.717) is 31.6 Å². The minimum absolute atomic E-state index is 0.133. The molecule has 0 saturated heterocycles. The van der Waals surface area contributed by atoms with Gasteiger partial charge in [0.05, 0.1) is 13.2 Å². The molecular weight excluding hydrogens is 502 g/mol. The van der Waals surface area contributed by atoms with E-state index >= 15 is 0 Å². The van der Waals surface area contributed by atoms with Gasteiger partial charge in [0, 0.05) is 50.2 Å². The van der Waals surface area contributed by atoms with E-state index in [1.54, 1.807) is 27.3 Å². The molecule has 2 aliphatic heterocycles. The van der Waals surface area contributed by atoms with E-state index in [1.165, 1.54) is 16.0 Å². The van der Waals surface area contributed by atoms with Crippen molar-refractivity contribution in [1.82, 2.24) is 15.1 Å². The van der Waals surface area contributed by atoms with E-state index < -0.39 is 0 Å². The lowest BCUT2D eigenvalue weighted by atomic mass is 9.92. The van der Waals surface area contributed by atoms with Crippen LogP contribution >= 0.6 is 0 Å². The van der Waals surface area contributed by atoms with Gasteiger partial charge in [-0.2, -0.15) is 0 Å². The molecule has 0 aliphatic carbocycles. The number of furan rings is 1. The van der Waals surface area contributed by atoms with Crippen LogP contribution in [0.3, 0.4) is 0 Å². The summed E-state index contributed by atoms with van der Waals surface area (Å²) in [5.41, 5.74) is 6.93.